The molecule has 126 valence electrons. The Morgan fingerprint density at radius 3 is 2.62 bits per heavy atom. The molecule has 2 aromatic rings. The van der Waals surface area contributed by atoms with Crippen LogP contribution in [-0.2, 0) is 6.54 Å². The molecule has 0 spiro atoms. The Bertz CT molecular complexity index is 728. The number of fused-ring (bicyclic) bond motifs is 1. The first-order valence-corrected chi connectivity index (χ1v) is 8.82. The Morgan fingerprint density at radius 1 is 1.12 bits per heavy atom. The number of nitrogens with zero attached hydrogens (tertiary/aromatic N) is 6. The van der Waals surface area contributed by atoms with Gasteiger partial charge >= 0.3 is 0 Å². The van der Waals surface area contributed by atoms with Gasteiger partial charge in [0.1, 0.15) is 12.1 Å². The fourth-order valence-corrected chi connectivity index (χ4v) is 4.13. The number of hydrogen-bond donors (Lipinski definition) is 0. The lowest BCUT2D eigenvalue weighted by molar-refractivity contribution is 0.270. The van der Waals surface area contributed by atoms with Gasteiger partial charge in [-0.3, -0.25) is 4.90 Å². The second-order valence-electron chi connectivity index (χ2n) is 7.46. The van der Waals surface area contributed by atoms with Gasteiger partial charge < -0.3 is 9.32 Å². The van der Waals surface area contributed by atoms with Crippen LogP contribution < -0.4 is 4.90 Å². The van der Waals surface area contributed by atoms with Gasteiger partial charge in [0.2, 0.25) is 11.8 Å². The molecule has 0 radical (unpaired) electrons. The maximum Gasteiger partial charge on any atom is 0.230 e. The van der Waals surface area contributed by atoms with Gasteiger partial charge in [0.25, 0.3) is 0 Å². The first-order valence-electron chi connectivity index (χ1n) is 8.82. The van der Waals surface area contributed by atoms with E-state index >= 15 is 0 Å². The largest absolute Gasteiger partial charge is 0.424 e. The summed E-state index contributed by atoms with van der Waals surface area (Å²) < 4.78 is 5.81. The normalized spacial score (nSPS) is 27.0. The molecule has 7 heteroatoms. The van der Waals surface area contributed by atoms with Crippen molar-refractivity contribution in [1.29, 1.82) is 0 Å². The summed E-state index contributed by atoms with van der Waals surface area (Å²) in [6.07, 6.45) is 5.95. The summed E-state index contributed by atoms with van der Waals surface area (Å²) in [5.41, 5.74) is 1.16. The van der Waals surface area contributed by atoms with Crippen molar-refractivity contribution in [2.24, 2.45) is 11.8 Å². The molecule has 2 aromatic heterocycles. The lowest BCUT2D eigenvalue weighted by atomic mass is 10.0. The Balaban J connectivity index is 1.21. The van der Waals surface area contributed by atoms with Crippen LogP contribution in [-0.4, -0.2) is 51.2 Å². The van der Waals surface area contributed by atoms with E-state index < -0.39 is 0 Å². The highest BCUT2D eigenvalue weighted by molar-refractivity contribution is 5.46. The number of rotatable bonds is 4. The molecule has 1 aliphatic carbocycles. The minimum Gasteiger partial charge on any atom is -0.424 e. The maximum absolute atomic E-state index is 5.81. The summed E-state index contributed by atoms with van der Waals surface area (Å²) in [5, 5.41) is 8.41. The molecule has 0 aromatic carbocycles. The molecular formula is C17H22N6O. The van der Waals surface area contributed by atoms with Crippen LogP contribution in [0.15, 0.2) is 16.9 Å². The van der Waals surface area contributed by atoms with Crippen molar-refractivity contribution in [2.75, 3.05) is 31.1 Å². The predicted octanol–water partition coefficient (Wildman–Crippen LogP) is 1.61. The van der Waals surface area contributed by atoms with Crippen LogP contribution in [0.4, 0.5) is 5.82 Å². The highest BCUT2D eigenvalue weighted by atomic mass is 16.4. The van der Waals surface area contributed by atoms with Crippen molar-refractivity contribution in [1.82, 2.24) is 25.1 Å². The topological polar surface area (TPSA) is 71.2 Å². The standard InChI is InChI=1S/C17H22N6O/c1-11-4-18-10-19-16(11)23-7-13-5-22(6-14(13)8-23)9-15-20-21-17(24-15)12-2-3-12/h4,10,12-14H,2-3,5-9H2,1H3. The molecule has 1 saturated carbocycles. The molecule has 2 saturated heterocycles. The SMILES string of the molecule is Cc1cncnc1N1CC2CN(Cc3nnc(C4CC4)o3)CC2C1. The zero-order valence-electron chi connectivity index (χ0n) is 13.9. The molecule has 2 atom stereocenters. The lowest BCUT2D eigenvalue weighted by Crippen LogP contribution is -2.29. The van der Waals surface area contributed by atoms with Crippen LogP contribution in [0.2, 0.25) is 0 Å². The summed E-state index contributed by atoms with van der Waals surface area (Å²) in [4.78, 5) is 13.4. The molecule has 0 amide bonds. The first kappa shape index (κ1) is 14.3. The van der Waals surface area contributed by atoms with Crippen molar-refractivity contribution < 1.29 is 4.42 Å². The van der Waals surface area contributed by atoms with Crippen LogP contribution in [0, 0.1) is 18.8 Å². The average Bonchev–Trinajstić information content (AvgIpc) is 3.02. The summed E-state index contributed by atoms with van der Waals surface area (Å²) in [6, 6.07) is 0. The van der Waals surface area contributed by atoms with E-state index in [-0.39, 0.29) is 0 Å². The molecule has 7 nitrogen and oxygen atoms in total. The van der Waals surface area contributed by atoms with Gasteiger partial charge in [0, 0.05) is 43.9 Å². The highest BCUT2D eigenvalue weighted by Gasteiger charge is 2.41. The van der Waals surface area contributed by atoms with Crippen LogP contribution in [0.25, 0.3) is 0 Å². The molecule has 4 heterocycles. The van der Waals surface area contributed by atoms with E-state index in [1.807, 2.05) is 6.20 Å². The smallest absolute Gasteiger partial charge is 0.230 e. The third-order valence-corrected chi connectivity index (χ3v) is 5.50. The number of likely N-dealkylation sites (tertiary alicyclic amines) is 1. The second-order valence-corrected chi connectivity index (χ2v) is 7.46. The average molecular weight is 326 g/mol. The van der Waals surface area contributed by atoms with Gasteiger partial charge in [-0.1, -0.05) is 0 Å². The van der Waals surface area contributed by atoms with Crippen molar-refractivity contribution in [3.8, 4) is 0 Å². The summed E-state index contributed by atoms with van der Waals surface area (Å²) in [7, 11) is 0. The summed E-state index contributed by atoms with van der Waals surface area (Å²) in [6.45, 7) is 7.24. The Labute approximate surface area is 141 Å². The molecule has 5 rings (SSSR count). The zero-order chi connectivity index (χ0) is 16.1. The van der Waals surface area contributed by atoms with Crippen molar-refractivity contribution in [3.63, 3.8) is 0 Å². The molecule has 24 heavy (non-hydrogen) atoms. The fraction of sp³-hybridized carbons (Fsp3) is 0.647. The van der Waals surface area contributed by atoms with Crippen molar-refractivity contribution in [3.05, 3.63) is 29.9 Å². The number of anilines is 1. The van der Waals surface area contributed by atoms with E-state index in [4.69, 9.17) is 4.42 Å². The molecular weight excluding hydrogens is 304 g/mol. The van der Waals surface area contributed by atoms with E-state index in [0.717, 1.165) is 55.9 Å². The van der Waals surface area contributed by atoms with E-state index in [2.05, 4.69) is 36.9 Å². The van der Waals surface area contributed by atoms with E-state index in [0.29, 0.717) is 17.8 Å². The van der Waals surface area contributed by atoms with Crippen molar-refractivity contribution in [2.45, 2.75) is 32.2 Å². The van der Waals surface area contributed by atoms with Crippen LogP contribution in [0.5, 0.6) is 0 Å². The summed E-state index contributed by atoms with van der Waals surface area (Å²) in [5.74, 6) is 4.65. The second kappa shape index (κ2) is 5.51. The summed E-state index contributed by atoms with van der Waals surface area (Å²) >= 11 is 0. The molecule has 3 aliphatic rings. The Morgan fingerprint density at radius 2 is 1.92 bits per heavy atom. The van der Waals surface area contributed by atoms with Gasteiger partial charge in [0.15, 0.2) is 0 Å². The van der Waals surface area contributed by atoms with Crippen molar-refractivity contribution >= 4 is 5.82 Å². The lowest BCUT2D eigenvalue weighted by Gasteiger charge is -2.22. The monoisotopic (exact) mass is 326 g/mol. The van der Waals surface area contributed by atoms with E-state index in [9.17, 15) is 0 Å². The Kier molecular flexibility index (Phi) is 3.29. The Hall–Kier alpha value is -2.02. The number of aryl methyl sites for hydroxylation is 1. The fourth-order valence-electron chi connectivity index (χ4n) is 4.13. The minimum atomic E-state index is 0.536. The molecule has 2 unspecified atom stereocenters. The molecule has 0 bridgehead atoms. The van der Waals surface area contributed by atoms with Gasteiger partial charge in [-0.05, 0) is 31.6 Å². The van der Waals surface area contributed by atoms with Gasteiger partial charge in [-0.25, -0.2) is 9.97 Å². The highest BCUT2D eigenvalue weighted by Crippen LogP contribution is 2.39. The van der Waals surface area contributed by atoms with Crippen LogP contribution in [0.1, 0.15) is 36.1 Å². The van der Waals surface area contributed by atoms with Crippen LogP contribution >= 0.6 is 0 Å². The quantitative estimate of drug-likeness (QED) is 0.845. The molecule has 2 aliphatic heterocycles. The maximum atomic E-state index is 5.81. The third-order valence-electron chi connectivity index (χ3n) is 5.50. The minimum absolute atomic E-state index is 0.536. The predicted molar refractivity (Wildman–Crippen MR) is 87.5 cm³/mol. The van der Waals surface area contributed by atoms with Gasteiger partial charge in [-0.2, -0.15) is 0 Å². The third kappa shape index (κ3) is 2.56. The molecule has 3 fully saturated rings. The number of hydrogen-bond acceptors (Lipinski definition) is 7. The van der Waals surface area contributed by atoms with Crippen LogP contribution in [0.3, 0.4) is 0 Å². The van der Waals surface area contributed by atoms with E-state index in [1.165, 1.54) is 12.8 Å². The van der Waals surface area contributed by atoms with E-state index in [1.54, 1.807) is 6.33 Å². The zero-order valence-corrected chi connectivity index (χ0v) is 13.9. The molecule has 0 N–H and O–H groups in total. The van der Waals surface area contributed by atoms with Gasteiger partial charge in [0.05, 0.1) is 6.54 Å². The first-order chi connectivity index (χ1) is 11.8. The number of aromatic nitrogens is 4. The van der Waals surface area contributed by atoms with Gasteiger partial charge in [-0.15, -0.1) is 10.2 Å².